The Balaban J connectivity index is 3.73. The van der Waals surface area contributed by atoms with Crippen LogP contribution in [-0.2, 0) is 9.59 Å². The summed E-state index contributed by atoms with van der Waals surface area (Å²) in [6.45, 7) is 0. The lowest BCUT2D eigenvalue weighted by atomic mass is 10.3. The highest BCUT2D eigenvalue weighted by molar-refractivity contribution is 8.76. The van der Waals surface area contributed by atoms with E-state index in [1.165, 1.54) is 21.6 Å². The average Bonchev–Trinajstić information content (AvgIpc) is 2.22. The van der Waals surface area contributed by atoms with E-state index in [-0.39, 0.29) is 0 Å². The van der Waals surface area contributed by atoms with E-state index in [0.717, 1.165) is 0 Å². The topological polar surface area (TPSA) is 98.7 Å². The molecule has 16 heavy (non-hydrogen) atoms. The fourth-order valence-electron chi connectivity index (χ4n) is 0.789. The summed E-state index contributed by atoms with van der Waals surface area (Å²) in [5.41, 5.74) is 0. The third kappa shape index (κ3) is 6.21. The molecule has 6 nitrogen and oxygen atoms in total. The van der Waals surface area contributed by atoms with Gasteiger partial charge in [-0.2, -0.15) is 0 Å². The van der Waals surface area contributed by atoms with Crippen molar-refractivity contribution in [3.8, 4) is 0 Å². The molecule has 0 aromatic carbocycles. The van der Waals surface area contributed by atoms with Crippen LogP contribution >= 0.6 is 21.6 Å². The van der Waals surface area contributed by atoms with Gasteiger partial charge in [0.2, 0.25) is 0 Å². The minimum atomic E-state index is -0.904. The van der Waals surface area contributed by atoms with Gasteiger partial charge < -0.3 is 20.8 Å². The van der Waals surface area contributed by atoms with Crippen LogP contribution in [0.1, 0.15) is 0 Å². The highest BCUT2D eigenvalue weighted by atomic mass is 33.1. The van der Waals surface area contributed by atoms with Crippen molar-refractivity contribution in [2.75, 3.05) is 25.6 Å². The molecular weight excluding hydrogens is 252 g/mol. The highest BCUT2D eigenvalue weighted by Crippen LogP contribution is 2.22. The standard InChI is InChI=1S/C8H16N2O4S2/c1-9-5(7(11)12)3-15-16-4-6(10-2)8(13)14/h5-6,9-10H,3-4H2,1-2H3,(H,11,12)(H,13,14)/t5-,6+. The van der Waals surface area contributed by atoms with E-state index in [4.69, 9.17) is 10.2 Å². The molecule has 0 saturated heterocycles. The molecule has 4 N–H and O–H groups in total. The molecule has 0 aromatic rings. The van der Waals surface area contributed by atoms with Crippen LogP contribution in [0.25, 0.3) is 0 Å². The molecule has 0 fully saturated rings. The quantitative estimate of drug-likeness (QED) is 0.334. The Morgan fingerprint density at radius 3 is 1.50 bits per heavy atom. The zero-order valence-corrected chi connectivity index (χ0v) is 10.7. The first-order chi connectivity index (χ1) is 7.52. The van der Waals surface area contributed by atoms with Gasteiger partial charge in [0, 0.05) is 11.5 Å². The fourth-order valence-corrected chi connectivity index (χ4v) is 3.27. The first-order valence-electron chi connectivity index (χ1n) is 4.57. The second-order valence-corrected chi connectivity index (χ2v) is 5.48. The van der Waals surface area contributed by atoms with Crippen LogP contribution in [-0.4, -0.2) is 59.8 Å². The number of carboxylic acids is 2. The molecular formula is C8H16N2O4S2. The predicted molar refractivity (Wildman–Crippen MR) is 65.9 cm³/mol. The van der Waals surface area contributed by atoms with Crippen molar-refractivity contribution < 1.29 is 19.8 Å². The number of rotatable bonds is 9. The van der Waals surface area contributed by atoms with Crippen LogP contribution in [0.5, 0.6) is 0 Å². The van der Waals surface area contributed by atoms with Gasteiger partial charge in [-0.3, -0.25) is 9.59 Å². The van der Waals surface area contributed by atoms with E-state index in [2.05, 4.69) is 10.6 Å². The minimum Gasteiger partial charge on any atom is -0.480 e. The molecule has 0 aromatic heterocycles. The van der Waals surface area contributed by atoms with Crippen LogP contribution in [0.15, 0.2) is 0 Å². The van der Waals surface area contributed by atoms with Gasteiger partial charge in [0.05, 0.1) is 0 Å². The second-order valence-electron chi connectivity index (χ2n) is 2.93. The first-order valence-corrected chi connectivity index (χ1v) is 7.06. The van der Waals surface area contributed by atoms with Crippen LogP contribution < -0.4 is 10.6 Å². The molecule has 0 radical (unpaired) electrons. The SMILES string of the molecule is CN[C@@H](CSSC[C@@H](NC)C(=O)O)C(=O)O. The van der Waals surface area contributed by atoms with Gasteiger partial charge in [-0.15, -0.1) is 0 Å². The van der Waals surface area contributed by atoms with Crippen molar-refractivity contribution >= 4 is 33.5 Å². The van der Waals surface area contributed by atoms with Gasteiger partial charge in [-0.05, 0) is 14.1 Å². The number of hydrogen-bond acceptors (Lipinski definition) is 6. The molecule has 0 heterocycles. The van der Waals surface area contributed by atoms with Crippen molar-refractivity contribution in [1.29, 1.82) is 0 Å². The van der Waals surface area contributed by atoms with Crippen LogP contribution in [0.4, 0.5) is 0 Å². The van der Waals surface area contributed by atoms with Gasteiger partial charge in [-0.25, -0.2) is 0 Å². The second kappa shape index (κ2) is 8.68. The van der Waals surface area contributed by atoms with Crippen LogP contribution in [0.3, 0.4) is 0 Å². The Morgan fingerprint density at radius 1 is 1.00 bits per heavy atom. The predicted octanol–water partition coefficient (Wildman–Crippen LogP) is -0.287. The Hall–Kier alpha value is -0.440. The summed E-state index contributed by atoms with van der Waals surface area (Å²) in [4.78, 5) is 21.3. The van der Waals surface area contributed by atoms with Gasteiger partial charge in [0.15, 0.2) is 0 Å². The van der Waals surface area contributed by atoms with E-state index in [1.54, 1.807) is 14.1 Å². The Labute approximate surface area is 102 Å². The van der Waals surface area contributed by atoms with Gasteiger partial charge >= 0.3 is 11.9 Å². The Bertz CT molecular complexity index is 216. The summed E-state index contributed by atoms with van der Waals surface area (Å²) in [5.74, 6) is -1.02. The molecule has 2 atom stereocenters. The maximum absolute atomic E-state index is 10.6. The molecule has 0 bridgehead atoms. The van der Waals surface area contributed by atoms with Crippen molar-refractivity contribution in [1.82, 2.24) is 10.6 Å². The molecule has 0 unspecified atom stereocenters. The number of carbonyl (C=O) groups is 2. The number of hydrogen-bond donors (Lipinski definition) is 4. The maximum Gasteiger partial charge on any atom is 0.321 e. The molecule has 0 rings (SSSR count). The van der Waals surface area contributed by atoms with E-state index in [9.17, 15) is 9.59 Å². The molecule has 0 aliphatic carbocycles. The lowest BCUT2D eigenvalue weighted by Gasteiger charge is -2.12. The molecule has 0 spiro atoms. The summed E-state index contributed by atoms with van der Waals surface area (Å²) >= 11 is 0. The van der Waals surface area contributed by atoms with Crippen molar-refractivity contribution in [3.05, 3.63) is 0 Å². The summed E-state index contributed by atoms with van der Waals surface area (Å²) in [6.07, 6.45) is 0. The van der Waals surface area contributed by atoms with E-state index < -0.39 is 24.0 Å². The Kier molecular flexibility index (Phi) is 8.44. The average molecular weight is 268 g/mol. The first kappa shape index (κ1) is 15.6. The molecule has 0 aliphatic heterocycles. The number of likely N-dealkylation sites (N-methyl/N-ethyl adjacent to an activating group) is 2. The third-order valence-electron chi connectivity index (χ3n) is 1.85. The minimum absolute atomic E-state index is 0.395. The van der Waals surface area contributed by atoms with E-state index in [0.29, 0.717) is 11.5 Å². The lowest BCUT2D eigenvalue weighted by molar-refractivity contribution is -0.139. The van der Waals surface area contributed by atoms with Crippen LogP contribution in [0, 0.1) is 0 Å². The lowest BCUT2D eigenvalue weighted by Crippen LogP contribution is -2.37. The number of nitrogens with one attached hydrogen (secondary N) is 2. The fraction of sp³-hybridized carbons (Fsp3) is 0.750. The summed E-state index contributed by atoms with van der Waals surface area (Å²) in [7, 11) is 5.85. The van der Waals surface area contributed by atoms with Gasteiger partial charge in [0.1, 0.15) is 12.1 Å². The zero-order chi connectivity index (χ0) is 12.6. The summed E-state index contributed by atoms with van der Waals surface area (Å²) in [5, 5.41) is 22.8. The van der Waals surface area contributed by atoms with Crippen molar-refractivity contribution in [2.24, 2.45) is 0 Å². The van der Waals surface area contributed by atoms with Gasteiger partial charge in [0.25, 0.3) is 0 Å². The molecule has 0 saturated carbocycles. The largest absolute Gasteiger partial charge is 0.480 e. The summed E-state index contributed by atoms with van der Waals surface area (Å²) in [6, 6.07) is -1.20. The van der Waals surface area contributed by atoms with E-state index in [1.807, 2.05) is 0 Å². The van der Waals surface area contributed by atoms with E-state index >= 15 is 0 Å². The van der Waals surface area contributed by atoms with Gasteiger partial charge in [-0.1, -0.05) is 21.6 Å². The smallest absolute Gasteiger partial charge is 0.321 e. The Morgan fingerprint density at radius 2 is 1.31 bits per heavy atom. The molecule has 0 aliphatic rings. The van der Waals surface area contributed by atoms with Crippen molar-refractivity contribution in [3.63, 3.8) is 0 Å². The summed E-state index contributed by atoms with van der Waals surface area (Å²) < 4.78 is 0. The highest BCUT2D eigenvalue weighted by Gasteiger charge is 2.17. The molecule has 94 valence electrons. The van der Waals surface area contributed by atoms with Crippen LogP contribution in [0.2, 0.25) is 0 Å². The monoisotopic (exact) mass is 268 g/mol. The molecule has 8 heteroatoms. The third-order valence-corrected chi connectivity index (χ3v) is 4.27. The van der Waals surface area contributed by atoms with Crippen molar-refractivity contribution in [2.45, 2.75) is 12.1 Å². The molecule has 0 amide bonds. The normalized spacial score (nSPS) is 14.4. The zero-order valence-electron chi connectivity index (χ0n) is 9.10. The maximum atomic E-state index is 10.6. The number of carboxylic acid groups (broad SMARTS) is 2. The number of aliphatic carboxylic acids is 2.